The number of amides is 2. The van der Waals surface area contributed by atoms with Crippen LogP contribution in [0.2, 0.25) is 5.02 Å². The molecule has 3 N–H and O–H groups in total. The molecule has 0 radical (unpaired) electrons. The molecule has 0 aromatic heterocycles. The summed E-state index contributed by atoms with van der Waals surface area (Å²) in [5.41, 5.74) is 0.386. The van der Waals surface area contributed by atoms with Crippen molar-refractivity contribution in [1.29, 1.82) is 0 Å². The highest BCUT2D eigenvalue weighted by molar-refractivity contribution is 8.26. The van der Waals surface area contributed by atoms with Gasteiger partial charge in [-0.15, -0.1) is 0 Å². The van der Waals surface area contributed by atoms with Crippen molar-refractivity contribution >= 4 is 63.8 Å². The van der Waals surface area contributed by atoms with Crippen molar-refractivity contribution in [2.45, 2.75) is 38.6 Å². The number of carboxylic acid groups (broad SMARTS) is 1. The fourth-order valence-electron chi connectivity index (χ4n) is 2.65. The van der Waals surface area contributed by atoms with Crippen LogP contribution in [0.5, 0.6) is 5.75 Å². The second-order valence-corrected chi connectivity index (χ2v) is 8.54. The highest BCUT2D eigenvalue weighted by Gasteiger charge is 2.38. The summed E-state index contributed by atoms with van der Waals surface area (Å²) in [7, 11) is 0. The molecule has 7 nitrogen and oxygen atoms in total. The van der Waals surface area contributed by atoms with E-state index in [0.717, 1.165) is 11.8 Å². The number of thioether (sulfide) groups is 1. The van der Waals surface area contributed by atoms with Gasteiger partial charge in [-0.05, 0) is 44.0 Å². The van der Waals surface area contributed by atoms with Gasteiger partial charge < -0.3 is 15.5 Å². The molecule has 0 saturated carbocycles. The number of thiocarbonyl (C=S) groups is 1. The Hall–Kier alpha value is -2.10. The zero-order chi connectivity index (χ0) is 21.6. The van der Waals surface area contributed by atoms with Crippen LogP contribution >= 0.6 is 35.6 Å². The highest BCUT2D eigenvalue weighted by Crippen LogP contribution is 2.35. The van der Waals surface area contributed by atoms with Crippen LogP contribution in [-0.2, 0) is 14.4 Å². The Kier molecular flexibility index (Phi) is 8.48. The lowest BCUT2D eigenvalue weighted by Crippen LogP contribution is -2.47. The van der Waals surface area contributed by atoms with Crippen molar-refractivity contribution in [1.82, 2.24) is 10.2 Å². The van der Waals surface area contributed by atoms with Gasteiger partial charge in [0.05, 0.1) is 4.91 Å². The van der Waals surface area contributed by atoms with Crippen molar-refractivity contribution < 1.29 is 24.6 Å². The fraction of sp³-hybridized carbons (Fsp3) is 0.368. The van der Waals surface area contributed by atoms with Crippen LogP contribution in [0.1, 0.15) is 38.2 Å². The van der Waals surface area contributed by atoms with E-state index in [1.807, 2.05) is 0 Å². The van der Waals surface area contributed by atoms with Crippen molar-refractivity contribution in [3.8, 4) is 5.75 Å². The lowest BCUT2D eigenvalue weighted by molar-refractivity contribution is -0.137. The van der Waals surface area contributed by atoms with E-state index in [0.29, 0.717) is 41.3 Å². The molecule has 29 heavy (non-hydrogen) atoms. The summed E-state index contributed by atoms with van der Waals surface area (Å²) in [6.07, 6.45) is 3.49. The molecule has 2 amide bonds. The zero-order valence-electron chi connectivity index (χ0n) is 15.7. The Morgan fingerprint density at radius 2 is 2.07 bits per heavy atom. The molecule has 0 aliphatic carbocycles. The van der Waals surface area contributed by atoms with Gasteiger partial charge in [-0.25, -0.2) is 0 Å². The molecule has 10 heteroatoms. The van der Waals surface area contributed by atoms with Crippen molar-refractivity contribution in [3.05, 3.63) is 33.7 Å². The van der Waals surface area contributed by atoms with Crippen LogP contribution in [0, 0.1) is 0 Å². The summed E-state index contributed by atoms with van der Waals surface area (Å²) in [5.74, 6) is -1.61. The van der Waals surface area contributed by atoms with Gasteiger partial charge in [-0.2, -0.15) is 0 Å². The van der Waals surface area contributed by atoms with E-state index in [-0.39, 0.29) is 22.4 Å². The first kappa shape index (κ1) is 23.2. The maximum Gasteiger partial charge on any atom is 0.303 e. The lowest BCUT2D eigenvalue weighted by atomic mass is 10.1. The number of unbranched alkanes of at least 4 members (excludes halogenated alkanes) is 2. The number of halogens is 1. The second-order valence-electron chi connectivity index (χ2n) is 6.43. The van der Waals surface area contributed by atoms with E-state index in [4.69, 9.17) is 28.9 Å². The van der Waals surface area contributed by atoms with Crippen molar-refractivity contribution in [2.75, 3.05) is 6.54 Å². The lowest BCUT2D eigenvalue weighted by Gasteiger charge is -2.22. The first-order valence-corrected chi connectivity index (χ1v) is 10.6. The van der Waals surface area contributed by atoms with E-state index in [2.05, 4.69) is 5.32 Å². The maximum atomic E-state index is 12.7. The molecule has 1 saturated heterocycles. The van der Waals surface area contributed by atoms with Crippen LogP contribution in [-0.4, -0.2) is 49.8 Å². The number of carboxylic acids is 1. The number of benzene rings is 1. The molecule has 1 aromatic carbocycles. The third kappa shape index (κ3) is 6.45. The minimum Gasteiger partial charge on any atom is -0.507 e. The van der Waals surface area contributed by atoms with Crippen LogP contribution < -0.4 is 5.32 Å². The summed E-state index contributed by atoms with van der Waals surface area (Å²) < 4.78 is 0.256. The molecule has 1 atom stereocenters. The van der Waals surface area contributed by atoms with Crippen molar-refractivity contribution in [2.24, 2.45) is 0 Å². The number of aromatic hydroxyl groups is 1. The van der Waals surface area contributed by atoms with E-state index in [1.54, 1.807) is 6.92 Å². The van der Waals surface area contributed by atoms with Gasteiger partial charge in [0, 0.05) is 23.6 Å². The second kappa shape index (κ2) is 10.6. The van der Waals surface area contributed by atoms with E-state index in [9.17, 15) is 19.5 Å². The fourth-order valence-corrected chi connectivity index (χ4v) is 4.24. The molecule has 1 aliphatic rings. The average molecular weight is 457 g/mol. The molecular weight excluding hydrogens is 436 g/mol. The van der Waals surface area contributed by atoms with Crippen LogP contribution in [0.15, 0.2) is 23.1 Å². The monoisotopic (exact) mass is 456 g/mol. The minimum absolute atomic E-state index is 0.0200. The Balaban J connectivity index is 1.96. The molecule has 1 aromatic rings. The summed E-state index contributed by atoms with van der Waals surface area (Å²) in [6, 6.07) is 3.71. The quantitative estimate of drug-likeness (QED) is 0.297. The Bertz CT molecular complexity index is 859. The number of hydrogen-bond donors (Lipinski definition) is 3. The van der Waals surface area contributed by atoms with E-state index >= 15 is 0 Å². The number of phenolic OH excluding ortho intramolecular Hbond substituents is 1. The normalized spacial score (nSPS) is 16.3. The van der Waals surface area contributed by atoms with Gasteiger partial charge in [0.1, 0.15) is 16.1 Å². The van der Waals surface area contributed by atoms with Gasteiger partial charge in [0.25, 0.3) is 5.91 Å². The number of rotatable bonds is 9. The minimum atomic E-state index is -0.837. The predicted molar refractivity (Wildman–Crippen MR) is 117 cm³/mol. The number of nitrogens with zero attached hydrogens (tertiary/aromatic N) is 1. The van der Waals surface area contributed by atoms with Gasteiger partial charge in [-0.1, -0.05) is 42.0 Å². The molecule has 0 bridgehead atoms. The molecule has 156 valence electrons. The SMILES string of the molecule is CC(C(=O)NCCCCCC(=O)O)N1C(=O)/C(=C/c2cc(Cl)ccc2O)SC1=S. The first-order chi connectivity index (χ1) is 13.7. The number of phenols is 1. The van der Waals surface area contributed by atoms with Gasteiger partial charge in [0.15, 0.2) is 0 Å². The molecule has 0 spiro atoms. The zero-order valence-corrected chi connectivity index (χ0v) is 18.1. The molecule has 1 unspecified atom stereocenters. The predicted octanol–water partition coefficient (Wildman–Crippen LogP) is 3.40. The number of carbonyl (C=O) groups is 3. The number of nitrogens with one attached hydrogen (secondary N) is 1. The topological polar surface area (TPSA) is 107 Å². The maximum absolute atomic E-state index is 12.7. The van der Waals surface area contributed by atoms with Gasteiger partial charge in [-0.3, -0.25) is 19.3 Å². The third-order valence-electron chi connectivity index (χ3n) is 4.23. The summed E-state index contributed by atoms with van der Waals surface area (Å²) in [4.78, 5) is 37.1. The van der Waals surface area contributed by atoms with Gasteiger partial charge >= 0.3 is 5.97 Å². The summed E-state index contributed by atoms with van der Waals surface area (Å²) >= 11 is 12.2. The summed E-state index contributed by atoms with van der Waals surface area (Å²) in [5, 5.41) is 21.7. The number of carbonyl (C=O) groups excluding carboxylic acids is 2. The standard InChI is InChI=1S/C19H21ClN2O5S2/c1-11(17(26)21-8-4-2-3-5-16(24)25)22-18(27)15(29-19(22)28)10-12-9-13(20)6-7-14(12)23/h6-7,9-11,23H,2-5,8H2,1H3,(H,21,26)(H,24,25)/b15-10-. The Morgan fingerprint density at radius 3 is 2.76 bits per heavy atom. The Labute approximate surface area is 183 Å². The third-order valence-corrected chi connectivity index (χ3v) is 5.80. The molecular formula is C19H21ClN2O5S2. The van der Waals surface area contributed by atoms with Crippen LogP contribution in [0.4, 0.5) is 0 Å². The smallest absolute Gasteiger partial charge is 0.303 e. The Morgan fingerprint density at radius 1 is 1.34 bits per heavy atom. The van der Waals surface area contributed by atoms with E-state index < -0.39 is 17.9 Å². The van der Waals surface area contributed by atoms with Gasteiger partial charge in [0.2, 0.25) is 5.91 Å². The molecule has 2 rings (SSSR count). The van der Waals surface area contributed by atoms with Crippen LogP contribution in [0.3, 0.4) is 0 Å². The number of aliphatic carboxylic acids is 1. The summed E-state index contributed by atoms with van der Waals surface area (Å²) in [6.45, 7) is 1.98. The molecule has 1 aliphatic heterocycles. The number of hydrogen-bond acceptors (Lipinski definition) is 6. The molecule has 1 fully saturated rings. The molecule has 1 heterocycles. The largest absolute Gasteiger partial charge is 0.507 e. The van der Waals surface area contributed by atoms with E-state index in [1.165, 1.54) is 29.2 Å². The first-order valence-electron chi connectivity index (χ1n) is 8.95. The highest BCUT2D eigenvalue weighted by atomic mass is 35.5. The van der Waals surface area contributed by atoms with Crippen molar-refractivity contribution in [3.63, 3.8) is 0 Å². The van der Waals surface area contributed by atoms with Crippen LogP contribution in [0.25, 0.3) is 6.08 Å². The average Bonchev–Trinajstić information content (AvgIpc) is 2.93.